The Labute approximate surface area is 151 Å². The molecule has 2 rings (SSSR count). The molecule has 0 aliphatic carbocycles. The van der Waals surface area contributed by atoms with E-state index in [0.717, 1.165) is 18.4 Å². The van der Waals surface area contributed by atoms with E-state index in [-0.39, 0.29) is 24.1 Å². The maximum atomic E-state index is 13.1. The summed E-state index contributed by atoms with van der Waals surface area (Å²) in [6, 6.07) is 7.55. The van der Waals surface area contributed by atoms with E-state index in [0.29, 0.717) is 18.2 Å². The van der Waals surface area contributed by atoms with E-state index in [2.05, 4.69) is 17.2 Å². The van der Waals surface area contributed by atoms with Gasteiger partial charge < -0.3 is 14.8 Å². The Kier molecular flexibility index (Phi) is 7.47. The highest BCUT2D eigenvalue weighted by atomic mass is 35.5. The molecule has 5 nitrogen and oxygen atoms in total. The molecule has 0 unspecified atom stereocenters. The van der Waals surface area contributed by atoms with E-state index in [1.165, 1.54) is 18.2 Å². The Balaban J connectivity index is 1.82. The van der Waals surface area contributed by atoms with Crippen molar-refractivity contribution in [3.63, 3.8) is 0 Å². The number of carbonyl (C=O) groups is 1. The lowest BCUT2D eigenvalue weighted by molar-refractivity contribution is -0.123. The lowest BCUT2D eigenvalue weighted by atomic mass is 10.2. The van der Waals surface area contributed by atoms with Crippen LogP contribution in [0.3, 0.4) is 0 Å². The van der Waals surface area contributed by atoms with Gasteiger partial charge in [0.15, 0.2) is 6.61 Å². The van der Waals surface area contributed by atoms with E-state index in [9.17, 15) is 9.18 Å². The molecule has 1 aromatic carbocycles. The summed E-state index contributed by atoms with van der Waals surface area (Å²) in [6.45, 7) is 2.75. The standard InChI is InChI=1S/C18H20ClFN2O3/c1-2-3-9-24-18-13(5-4-8-21-18)11-22-17(23)12-25-14-6-7-16(20)15(19)10-14/h4-8,10H,2-3,9,11-12H2,1H3,(H,22,23). The van der Waals surface area contributed by atoms with Gasteiger partial charge in [0.1, 0.15) is 11.6 Å². The molecule has 0 radical (unpaired) electrons. The molecular formula is C18H20ClFN2O3. The van der Waals surface area contributed by atoms with Gasteiger partial charge in [0.05, 0.1) is 11.6 Å². The van der Waals surface area contributed by atoms with Crippen molar-refractivity contribution in [3.8, 4) is 11.6 Å². The van der Waals surface area contributed by atoms with Crippen molar-refractivity contribution >= 4 is 17.5 Å². The van der Waals surface area contributed by atoms with Gasteiger partial charge >= 0.3 is 0 Å². The molecule has 0 atom stereocenters. The van der Waals surface area contributed by atoms with Crippen molar-refractivity contribution in [2.45, 2.75) is 26.3 Å². The van der Waals surface area contributed by atoms with Crippen LogP contribution in [0.5, 0.6) is 11.6 Å². The molecule has 134 valence electrons. The summed E-state index contributed by atoms with van der Waals surface area (Å²) in [5, 5.41) is 2.68. The monoisotopic (exact) mass is 366 g/mol. The number of benzene rings is 1. The smallest absolute Gasteiger partial charge is 0.258 e. The van der Waals surface area contributed by atoms with Gasteiger partial charge in [0.25, 0.3) is 5.91 Å². The van der Waals surface area contributed by atoms with Crippen LogP contribution in [0.2, 0.25) is 5.02 Å². The Bertz CT molecular complexity index is 712. The predicted molar refractivity (Wildman–Crippen MR) is 93.4 cm³/mol. The van der Waals surface area contributed by atoms with Gasteiger partial charge in [0.2, 0.25) is 5.88 Å². The molecule has 0 aliphatic heterocycles. The van der Waals surface area contributed by atoms with Gasteiger partial charge in [-0.1, -0.05) is 31.0 Å². The Hall–Kier alpha value is -2.34. The SMILES string of the molecule is CCCCOc1ncccc1CNC(=O)COc1ccc(F)c(Cl)c1. The molecule has 25 heavy (non-hydrogen) atoms. The number of aromatic nitrogens is 1. The minimum absolute atomic E-state index is 0.0536. The van der Waals surface area contributed by atoms with E-state index in [4.69, 9.17) is 21.1 Å². The fourth-order valence-corrected chi connectivity index (χ4v) is 2.13. The summed E-state index contributed by atoms with van der Waals surface area (Å²) >= 11 is 5.66. The first-order valence-electron chi connectivity index (χ1n) is 8.01. The lowest BCUT2D eigenvalue weighted by Gasteiger charge is -2.11. The number of rotatable bonds is 9. The van der Waals surface area contributed by atoms with E-state index < -0.39 is 5.82 Å². The third-order valence-corrected chi connectivity index (χ3v) is 3.61. The number of pyridine rings is 1. The van der Waals surface area contributed by atoms with Crippen LogP contribution in [0.15, 0.2) is 36.5 Å². The minimum atomic E-state index is -0.536. The number of hydrogen-bond donors (Lipinski definition) is 1. The summed E-state index contributed by atoms with van der Waals surface area (Å²) in [5.41, 5.74) is 0.789. The maximum absolute atomic E-state index is 13.1. The second-order valence-corrected chi connectivity index (χ2v) is 5.72. The number of unbranched alkanes of at least 4 members (excludes halogenated alkanes) is 1. The summed E-state index contributed by atoms with van der Waals surface area (Å²) in [7, 11) is 0. The highest BCUT2D eigenvalue weighted by molar-refractivity contribution is 6.30. The molecule has 1 heterocycles. The Morgan fingerprint density at radius 1 is 1.32 bits per heavy atom. The lowest BCUT2D eigenvalue weighted by Crippen LogP contribution is -2.28. The number of ether oxygens (including phenoxy) is 2. The highest BCUT2D eigenvalue weighted by Crippen LogP contribution is 2.21. The Morgan fingerprint density at radius 2 is 2.16 bits per heavy atom. The van der Waals surface area contributed by atoms with Gasteiger partial charge in [-0.05, 0) is 24.6 Å². The Morgan fingerprint density at radius 3 is 2.92 bits per heavy atom. The second kappa shape index (κ2) is 9.84. The highest BCUT2D eigenvalue weighted by Gasteiger charge is 2.08. The maximum Gasteiger partial charge on any atom is 0.258 e. The second-order valence-electron chi connectivity index (χ2n) is 5.31. The normalized spacial score (nSPS) is 10.4. The van der Waals surface area contributed by atoms with Crippen LogP contribution in [0.4, 0.5) is 4.39 Å². The van der Waals surface area contributed by atoms with Crippen LogP contribution in [0, 0.1) is 5.82 Å². The number of hydrogen-bond acceptors (Lipinski definition) is 4. The number of halogens is 2. The van der Waals surface area contributed by atoms with Gasteiger partial charge in [-0.15, -0.1) is 0 Å². The van der Waals surface area contributed by atoms with Crippen molar-refractivity contribution in [2.24, 2.45) is 0 Å². The van der Waals surface area contributed by atoms with E-state index >= 15 is 0 Å². The van der Waals surface area contributed by atoms with E-state index in [1.54, 1.807) is 12.3 Å². The molecule has 1 N–H and O–H groups in total. The molecule has 0 aliphatic rings. The largest absolute Gasteiger partial charge is 0.484 e. The molecule has 7 heteroatoms. The van der Waals surface area contributed by atoms with Gasteiger partial charge in [-0.2, -0.15) is 0 Å². The summed E-state index contributed by atoms with van der Waals surface area (Å²) in [5.74, 6) is -0.0107. The molecule has 0 spiro atoms. The zero-order valence-electron chi connectivity index (χ0n) is 13.9. The number of carbonyl (C=O) groups excluding carboxylic acids is 1. The fraction of sp³-hybridized carbons (Fsp3) is 0.333. The first-order valence-corrected chi connectivity index (χ1v) is 8.39. The van der Waals surface area contributed by atoms with Crippen LogP contribution in [0.25, 0.3) is 0 Å². The van der Waals surface area contributed by atoms with Crippen LogP contribution in [-0.2, 0) is 11.3 Å². The summed E-state index contributed by atoms with van der Waals surface area (Å²) in [4.78, 5) is 16.1. The zero-order valence-corrected chi connectivity index (χ0v) is 14.7. The zero-order chi connectivity index (χ0) is 18.1. The molecule has 0 saturated carbocycles. The number of amides is 1. The summed E-state index contributed by atoms with van der Waals surface area (Å²) in [6.07, 6.45) is 3.62. The molecule has 1 amide bonds. The minimum Gasteiger partial charge on any atom is -0.484 e. The predicted octanol–water partition coefficient (Wildman–Crippen LogP) is 3.75. The van der Waals surface area contributed by atoms with Crippen molar-refractivity contribution in [2.75, 3.05) is 13.2 Å². The van der Waals surface area contributed by atoms with Crippen molar-refractivity contribution in [3.05, 3.63) is 52.9 Å². The molecule has 0 bridgehead atoms. The van der Waals surface area contributed by atoms with Crippen LogP contribution < -0.4 is 14.8 Å². The van der Waals surface area contributed by atoms with Crippen molar-refractivity contribution < 1.29 is 18.7 Å². The third kappa shape index (κ3) is 6.23. The van der Waals surface area contributed by atoms with Crippen LogP contribution >= 0.6 is 11.6 Å². The third-order valence-electron chi connectivity index (χ3n) is 3.32. The fourth-order valence-electron chi connectivity index (χ4n) is 1.96. The van der Waals surface area contributed by atoms with Crippen LogP contribution in [-0.4, -0.2) is 24.1 Å². The first kappa shape index (κ1) is 19.0. The van der Waals surface area contributed by atoms with Gasteiger partial charge in [-0.3, -0.25) is 4.79 Å². The van der Waals surface area contributed by atoms with E-state index in [1.807, 2.05) is 6.07 Å². The molecule has 1 aromatic heterocycles. The number of nitrogens with one attached hydrogen (secondary N) is 1. The molecular weight excluding hydrogens is 347 g/mol. The van der Waals surface area contributed by atoms with Crippen LogP contribution in [0.1, 0.15) is 25.3 Å². The first-order chi connectivity index (χ1) is 12.1. The van der Waals surface area contributed by atoms with Gasteiger partial charge in [0, 0.05) is 24.4 Å². The molecule has 0 saturated heterocycles. The summed E-state index contributed by atoms with van der Waals surface area (Å²) < 4.78 is 24.0. The average Bonchev–Trinajstić information content (AvgIpc) is 2.62. The molecule has 2 aromatic rings. The van der Waals surface area contributed by atoms with Crippen molar-refractivity contribution in [1.29, 1.82) is 0 Å². The topological polar surface area (TPSA) is 60.5 Å². The average molecular weight is 367 g/mol. The number of nitrogens with zero attached hydrogens (tertiary/aromatic N) is 1. The van der Waals surface area contributed by atoms with Crippen molar-refractivity contribution in [1.82, 2.24) is 10.3 Å². The quantitative estimate of drug-likeness (QED) is 0.687. The molecule has 0 fully saturated rings. The van der Waals surface area contributed by atoms with Gasteiger partial charge in [-0.25, -0.2) is 9.37 Å².